The van der Waals surface area contributed by atoms with Gasteiger partial charge in [-0.25, -0.2) is 4.68 Å². The van der Waals surface area contributed by atoms with Crippen molar-refractivity contribution in [3.8, 4) is 11.4 Å². The fourth-order valence-electron chi connectivity index (χ4n) is 1.79. The first-order chi connectivity index (χ1) is 9.31. The molecule has 2 aromatic rings. The fraction of sp³-hybridized carbons (Fsp3) is 0.500. The molecule has 0 bridgehead atoms. The Bertz CT molecular complexity index is 603. The maximum Gasteiger partial charge on any atom is 0.183 e. The van der Waals surface area contributed by atoms with E-state index in [0.717, 1.165) is 12.1 Å². The predicted octanol–water partition coefficient (Wildman–Crippen LogP) is 3.26. The summed E-state index contributed by atoms with van der Waals surface area (Å²) >= 11 is 6.23. The summed E-state index contributed by atoms with van der Waals surface area (Å²) in [6, 6.07) is 5.32. The summed E-state index contributed by atoms with van der Waals surface area (Å²) in [7, 11) is 0. The Labute approximate surface area is 124 Å². The van der Waals surface area contributed by atoms with Crippen LogP contribution in [0.15, 0.2) is 18.2 Å². The Morgan fingerprint density at radius 1 is 1.35 bits per heavy atom. The number of aromatic nitrogens is 4. The number of hydrogen-bond donors (Lipinski definition) is 1. The fourth-order valence-corrected chi connectivity index (χ4v) is 1.99. The number of halogens is 1. The molecule has 108 valence electrons. The molecular weight excluding hydrogens is 274 g/mol. The SMILES string of the molecule is CC(C)C(C)(C)Cn1nnnc1-c1cc(N)ccc1Cl. The standard InChI is InChI=1S/C14H20ClN5/c1-9(2)14(3,4)8-20-13(17-18-19-20)11-7-10(16)5-6-12(11)15/h5-7,9H,8,16H2,1-4H3. The highest BCUT2D eigenvalue weighted by molar-refractivity contribution is 6.33. The van der Waals surface area contributed by atoms with Crippen molar-refractivity contribution in [3.05, 3.63) is 23.2 Å². The van der Waals surface area contributed by atoms with Gasteiger partial charge in [-0.15, -0.1) is 5.10 Å². The van der Waals surface area contributed by atoms with Gasteiger partial charge >= 0.3 is 0 Å². The lowest BCUT2D eigenvalue weighted by Gasteiger charge is -2.29. The zero-order valence-electron chi connectivity index (χ0n) is 12.3. The van der Waals surface area contributed by atoms with Crippen LogP contribution in [0.5, 0.6) is 0 Å². The Morgan fingerprint density at radius 3 is 2.70 bits per heavy atom. The van der Waals surface area contributed by atoms with E-state index in [1.54, 1.807) is 22.9 Å². The largest absolute Gasteiger partial charge is 0.399 e. The molecule has 1 aromatic carbocycles. The molecule has 0 radical (unpaired) electrons. The molecule has 2 N–H and O–H groups in total. The Balaban J connectivity index is 2.41. The molecule has 0 fully saturated rings. The van der Waals surface area contributed by atoms with Crippen LogP contribution in [0.1, 0.15) is 27.7 Å². The van der Waals surface area contributed by atoms with E-state index >= 15 is 0 Å². The summed E-state index contributed by atoms with van der Waals surface area (Å²) in [5.41, 5.74) is 7.30. The van der Waals surface area contributed by atoms with Gasteiger partial charge in [0, 0.05) is 11.3 Å². The maximum absolute atomic E-state index is 6.23. The van der Waals surface area contributed by atoms with Crippen molar-refractivity contribution in [3.63, 3.8) is 0 Å². The minimum absolute atomic E-state index is 0.0803. The van der Waals surface area contributed by atoms with E-state index < -0.39 is 0 Å². The van der Waals surface area contributed by atoms with Crippen molar-refractivity contribution in [1.29, 1.82) is 0 Å². The number of tetrazole rings is 1. The molecule has 2 rings (SSSR count). The summed E-state index contributed by atoms with van der Waals surface area (Å²) in [6.45, 7) is 9.50. The number of rotatable bonds is 4. The van der Waals surface area contributed by atoms with Crippen LogP contribution < -0.4 is 5.73 Å². The van der Waals surface area contributed by atoms with E-state index in [-0.39, 0.29) is 5.41 Å². The molecule has 1 aromatic heterocycles. The highest BCUT2D eigenvalue weighted by atomic mass is 35.5. The number of benzene rings is 1. The van der Waals surface area contributed by atoms with E-state index in [4.69, 9.17) is 17.3 Å². The van der Waals surface area contributed by atoms with Crippen LogP contribution in [-0.2, 0) is 6.54 Å². The van der Waals surface area contributed by atoms with Crippen molar-refractivity contribution in [2.24, 2.45) is 11.3 Å². The Morgan fingerprint density at radius 2 is 2.05 bits per heavy atom. The first-order valence-corrected chi connectivity index (χ1v) is 7.00. The molecule has 0 aliphatic carbocycles. The van der Waals surface area contributed by atoms with Crippen molar-refractivity contribution in [2.75, 3.05) is 5.73 Å². The van der Waals surface area contributed by atoms with Crippen LogP contribution in [-0.4, -0.2) is 20.2 Å². The van der Waals surface area contributed by atoms with Gasteiger partial charge in [0.1, 0.15) is 0 Å². The minimum atomic E-state index is 0.0803. The molecule has 6 heteroatoms. The molecule has 0 atom stereocenters. The lowest BCUT2D eigenvalue weighted by Crippen LogP contribution is -2.26. The van der Waals surface area contributed by atoms with E-state index in [1.165, 1.54) is 0 Å². The smallest absolute Gasteiger partial charge is 0.183 e. The third-order valence-electron chi connectivity index (χ3n) is 3.88. The highest BCUT2D eigenvalue weighted by Gasteiger charge is 2.25. The molecule has 0 aliphatic heterocycles. The normalized spacial score (nSPS) is 12.1. The van der Waals surface area contributed by atoms with E-state index in [9.17, 15) is 0 Å². The molecule has 0 spiro atoms. The van der Waals surface area contributed by atoms with Crippen LogP contribution in [0.3, 0.4) is 0 Å². The van der Waals surface area contributed by atoms with Gasteiger partial charge in [0.2, 0.25) is 0 Å². The molecular formula is C14H20ClN5. The Kier molecular flexibility index (Phi) is 3.99. The molecule has 1 heterocycles. The molecule has 0 saturated carbocycles. The monoisotopic (exact) mass is 293 g/mol. The summed E-state index contributed by atoms with van der Waals surface area (Å²) in [4.78, 5) is 0. The lowest BCUT2D eigenvalue weighted by molar-refractivity contribution is 0.200. The van der Waals surface area contributed by atoms with Gasteiger partial charge in [0.25, 0.3) is 0 Å². The van der Waals surface area contributed by atoms with Gasteiger partial charge in [-0.05, 0) is 40.0 Å². The first kappa shape index (κ1) is 14.8. The number of nitrogen functional groups attached to an aromatic ring is 1. The number of nitrogens with two attached hydrogens (primary N) is 1. The van der Waals surface area contributed by atoms with Crippen molar-refractivity contribution >= 4 is 17.3 Å². The van der Waals surface area contributed by atoms with Crippen LogP contribution >= 0.6 is 11.6 Å². The van der Waals surface area contributed by atoms with Gasteiger partial charge < -0.3 is 5.73 Å². The zero-order valence-corrected chi connectivity index (χ0v) is 13.0. The lowest BCUT2D eigenvalue weighted by atomic mass is 9.81. The highest BCUT2D eigenvalue weighted by Crippen LogP contribution is 2.32. The van der Waals surface area contributed by atoms with E-state index in [0.29, 0.717) is 22.5 Å². The molecule has 0 amide bonds. The average molecular weight is 294 g/mol. The summed E-state index contributed by atoms with van der Waals surface area (Å²) in [6.07, 6.45) is 0. The second-order valence-corrected chi connectivity index (χ2v) is 6.45. The summed E-state index contributed by atoms with van der Waals surface area (Å²) in [5.74, 6) is 1.16. The maximum atomic E-state index is 6.23. The topological polar surface area (TPSA) is 69.6 Å². The molecule has 0 unspecified atom stereocenters. The number of nitrogens with zero attached hydrogens (tertiary/aromatic N) is 4. The number of anilines is 1. The minimum Gasteiger partial charge on any atom is -0.399 e. The van der Waals surface area contributed by atoms with Crippen LogP contribution in [0, 0.1) is 11.3 Å². The van der Waals surface area contributed by atoms with Gasteiger partial charge in [-0.2, -0.15) is 0 Å². The predicted molar refractivity (Wildman–Crippen MR) is 81.3 cm³/mol. The average Bonchev–Trinajstić information content (AvgIpc) is 2.79. The van der Waals surface area contributed by atoms with Crippen LogP contribution in [0.25, 0.3) is 11.4 Å². The van der Waals surface area contributed by atoms with Gasteiger partial charge in [-0.1, -0.05) is 39.3 Å². The van der Waals surface area contributed by atoms with Gasteiger partial charge in [-0.3, -0.25) is 0 Å². The third kappa shape index (κ3) is 2.93. The van der Waals surface area contributed by atoms with Gasteiger partial charge in [0.05, 0.1) is 11.6 Å². The quantitative estimate of drug-likeness (QED) is 0.879. The molecule has 0 saturated heterocycles. The first-order valence-electron chi connectivity index (χ1n) is 6.63. The van der Waals surface area contributed by atoms with E-state index in [1.807, 2.05) is 0 Å². The molecule has 5 nitrogen and oxygen atoms in total. The van der Waals surface area contributed by atoms with Crippen molar-refractivity contribution in [2.45, 2.75) is 34.2 Å². The number of hydrogen-bond acceptors (Lipinski definition) is 4. The third-order valence-corrected chi connectivity index (χ3v) is 4.21. The van der Waals surface area contributed by atoms with Crippen molar-refractivity contribution < 1.29 is 0 Å². The van der Waals surface area contributed by atoms with E-state index in [2.05, 4.69) is 43.2 Å². The van der Waals surface area contributed by atoms with Crippen molar-refractivity contribution in [1.82, 2.24) is 20.2 Å². The van der Waals surface area contributed by atoms with Crippen LogP contribution in [0.2, 0.25) is 5.02 Å². The summed E-state index contributed by atoms with van der Waals surface area (Å²) in [5, 5.41) is 12.6. The Hall–Kier alpha value is -1.62. The van der Waals surface area contributed by atoms with Gasteiger partial charge in [0.15, 0.2) is 5.82 Å². The summed E-state index contributed by atoms with van der Waals surface area (Å²) < 4.78 is 1.79. The molecule has 20 heavy (non-hydrogen) atoms. The second-order valence-electron chi connectivity index (χ2n) is 6.04. The molecule has 0 aliphatic rings. The van der Waals surface area contributed by atoms with Crippen LogP contribution in [0.4, 0.5) is 5.69 Å². The second kappa shape index (κ2) is 5.40. The zero-order chi connectivity index (χ0) is 14.9.